The number of hydrogen-bond donors (Lipinski definition) is 0. The number of aromatic nitrogens is 4. The zero-order valence-corrected chi connectivity index (χ0v) is 25.9. The van der Waals surface area contributed by atoms with E-state index in [9.17, 15) is 0 Å². The molecular weight excluding hydrogens is 593 g/mol. The molecule has 0 bridgehead atoms. The third-order valence-electron chi connectivity index (χ3n) is 9.18. The molecule has 47 heavy (non-hydrogen) atoms. The van der Waals surface area contributed by atoms with Gasteiger partial charge >= 0.3 is 0 Å². The van der Waals surface area contributed by atoms with E-state index in [1.165, 1.54) is 36.3 Å². The van der Waals surface area contributed by atoms with Gasteiger partial charge in [-0.2, -0.15) is 0 Å². The van der Waals surface area contributed by atoms with E-state index < -0.39 is 0 Å². The largest absolute Gasteiger partial charge is 0.256 e. The predicted octanol–water partition coefficient (Wildman–Crippen LogP) is 11.2. The van der Waals surface area contributed by atoms with Crippen molar-refractivity contribution in [1.82, 2.24) is 19.9 Å². The molecule has 5 aromatic heterocycles. The van der Waals surface area contributed by atoms with Crippen molar-refractivity contribution < 1.29 is 0 Å². The molecule has 0 fully saturated rings. The molecule has 10 rings (SSSR count). The van der Waals surface area contributed by atoms with Crippen molar-refractivity contribution in [3.63, 3.8) is 0 Å². The summed E-state index contributed by atoms with van der Waals surface area (Å²) in [4.78, 5) is 19.5. The third-order valence-corrected chi connectivity index (χ3v) is 10.4. The Morgan fingerprint density at radius 2 is 1.28 bits per heavy atom. The van der Waals surface area contributed by atoms with Crippen LogP contribution < -0.4 is 0 Å². The SMILES string of the molecule is c1cc(-c2ccc(-c3cc4cccnc4c4ncccc34)nc2)cc(-c2nc3ccccc3c3c2ccc2c4ccccc4sc23)c1. The first-order chi connectivity index (χ1) is 23.3. The molecule has 4 nitrogen and oxygen atoms in total. The Hall–Kier alpha value is -6.04. The summed E-state index contributed by atoms with van der Waals surface area (Å²) in [6, 6.07) is 44.9. The maximum atomic E-state index is 5.25. The Kier molecular flexibility index (Phi) is 5.71. The molecule has 0 N–H and O–H groups in total. The van der Waals surface area contributed by atoms with E-state index in [2.05, 4.69) is 125 Å². The van der Waals surface area contributed by atoms with Crippen LogP contribution in [0.3, 0.4) is 0 Å². The molecule has 0 amide bonds. The number of hydrogen-bond acceptors (Lipinski definition) is 5. The highest BCUT2D eigenvalue weighted by Gasteiger charge is 2.17. The van der Waals surface area contributed by atoms with Gasteiger partial charge in [0.05, 0.1) is 27.9 Å². The van der Waals surface area contributed by atoms with E-state index in [0.29, 0.717) is 0 Å². The standard InChI is InChI=1S/C42H24N4S/c1-3-14-36-32(12-1)38-33(18-17-31-29-11-2-4-15-37(29)47-42(31)38)39(46-36)26-9-5-8-25(22-26)28-16-19-35(45-24-28)34-23-27-10-6-20-43-40(27)41-30(34)13-7-21-44-41/h1-24H. The van der Waals surface area contributed by atoms with Gasteiger partial charge in [-0.1, -0.05) is 84.9 Å². The fraction of sp³-hybridized carbons (Fsp3) is 0. The molecule has 0 aliphatic heterocycles. The molecule has 5 heterocycles. The number of nitrogens with zero attached hydrogens (tertiary/aromatic N) is 4. The van der Waals surface area contributed by atoms with Gasteiger partial charge in [-0.25, -0.2) is 4.98 Å². The lowest BCUT2D eigenvalue weighted by Crippen LogP contribution is -1.92. The highest BCUT2D eigenvalue weighted by Crippen LogP contribution is 2.43. The van der Waals surface area contributed by atoms with Gasteiger partial charge < -0.3 is 0 Å². The fourth-order valence-corrected chi connectivity index (χ4v) is 8.26. The normalized spacial score (nSPS) is 11.8. The van der Waals surface area contributed by atoms with Crippen LogP contribution in [0.1, 0.15) is 0 Å². The zero-order valence-electron chi connectivity index (χ0n) is 25.1. The first-order valence-corrected chi connectivity index (χ1v) is 16.4. The molecule has 5 heteroatoms. The summed E-state index contributed by atoms with van der Waals surface area (Å²) in [6.07, 6.45) is 5.61. The number of thiophene rings is 1. The summed E-state index contributed by atoms with van der Waals surface area (Å²) in [7, 11) is 0. The summed E-state index contributed by atoms with van der Waals surface area (Å²) in [5, 5.41) is 8.32. The topological polar surface area (TPSA) is 51.6 Å². The van der Waals surface area contributed by atoms with Gasteiger partial charge in [-0.15, -0.1) is 11.3 Å². The second-order valence-corrected chi connectivity index (χ2v) is 12.9. The fourth-order valence-electron chi connectivity index (χ4n) is 7.00. The number of pyridine rings is 4. The number of para-hydroxylation sites is 1. The first kappa shape index (κ1) is 26.2. The van der Waals surface area contributed by atoms with E-state index in [-0.39, 0.29) is 0 Å². The highest BCUT2D eigenvalue weighted by atomic mass is 32.1. The van der Waals surface area contributed by atoms with E-state index in [1.807, 2.05) is 42.1 Å². The molecule has 5 aromatic carbocycles. The molecule has 0 radical (unpaired) electrons. The van der Waals surface area contributed by atoms with Crippen molar-refractivity contribution in [3.05, 3.63) is 146 Å². The first-order valence-electron chi connectivity index (χ1n) is 15.6. The third kappa shape index (κ3) is 4.07. The second-order valence-electron chi connectivity index (χ2n) is 11.9. The molecule has 10 aromatic rings. The Bertz CT molecular complexity index is 2850. The monoisotopic (exact) mass is 616 g/mol. The maximum absolute atomic E-state index is 5.25. The van der Waals surface area contributed by atoms with Gasteiger partial charge in [0, 0.05) is 82.4 Å². The van der Waals surface area contributed by atoms with E-state index in [0.717, 1.165) is 61.0 Å². The Morgan fingerprint density at radius 3 is 2.19 bits per heavy atom. The van der Waals surface area contributed by atoms with Crippen LogP contribution in [-0.2, 0) is 0 Å². The van der Waals surface area contributed by atoms with Crippen molar-refractivity contribution in [2.75, 3.05) is 0 Å². The minimum absolute atomic E-state index is 0.891. The number of rotatable bonds is 3. The average Bonchev–Trinajstić information content (AvgIpc) is 3.53. The van der Waals surface area contributed by atoms with Gasteiger partial charge in [0.2, 0.25) is 0 Å². The van der Waals surface area contributed by atoms with Gasteiger partial charge in [-0.05, 0) is 48.0 Å². The van der Waals surface area contributed by atoms with Crippen LogP contribution in [0.2, 0.25) is 0 Å². The predicted molar refractivity (Wildman–Crippen MR) is 197 cm³/mol. The van der Waals surface area contributed by atoms with Gasteiger partial charge in [-0.3, -0.25) is 15.0 Å². The van der Waals surface area contributed by atoms with E-state index in [1.54, 1.807) is 0 Å². The minimum Gasteiger partial charge on any atom is -0.256 e. The van der Waals surface area contributed by atoms with Crippen LogP contribution in [0.4, 0.5) is 0 Å². The molecule has 0 saturated carbocycles. The Labute approximate surface area is 273 Å². The van der Waals surface area contributed by atoms with Gasteiger partial charge in [0.1, 0.15) is 0 Å². The van der Waals surface area contributed by atoms with Crippen molar-refractivity contribution in [2.45, 2.75) is 0 Å². The maximum Gasteiger partial charge on any atom is 0.0971 e. The second kappa shape index (κ2) is 10.2. The number of fused-ring (bicyclic) bond motifs is 10. The van der Waals surface area contributed by atoms with Crippen LogP contribution in [0.25, 0.3) is 97.3 Å². The molecule has 0 spiro atoms. The van der Waals surface area contributed by atoms with Crippen molar-refractivity contribution >= 4 is 75.0 Å². The summed E-state index contributed by atoms with van der Waals surface area (Å²) < 4.78 is 2.62. The van der Waals surface area contributed by atoms with Crippen molar-refractivity contribution in [3.8, 4) is 33.6 Å². The van der Waals surface area contributed by atoms with Crippen LogP contribution in [0, 0.1) is 0 Å². The zero-order chi connectivity index (χ0) is 30.9. The summed E-state index contributed by atoms with van der Waals surface area (Å²) in [5.74, 6) is 0. The van der Waals surface area contributed by atoms with Gasteiger partial charge in [0.25, 0.3) is 0 Å². The minimum atomic E-state index is 0.891. The summed E-state index contributed by atoms with van der Waals surface area (Å²) in [5.41, 5.74) is 8.99. The molecule has 0 saturated heterocycles. The molecule has 0 aliphatic rings. The Balaban J connectivity index is 1.12. The van der Waals surface area contributed by atoms with Crippen LogP contribution >= 0.6 is 11.3 Å². The lowest BCUT2D eigenvalue weighted by molar-refractivity contribution is 1.32. The van der Waals surface area contributed by atoms with E-state index in [4.69, 9.17) is 9.97 Å². The highest BCUT2D eigenvalue weighted by molar-refractivity contribution is 7.26. The molecule has 0 aliphatic carbocycles. The van der Waals surface area contributed by atoms with Crippen LogP contribution in [0.15, 0.2) is 146 Å². The van der Waals surface area contributed by atoms with Crippen molar-refractivity contribution in [2.24, 2.45) is 0 Å². The van der Waals surface area contributed by atoms with Crippen molar-refractivity contribution in [1.29, 1.82) is 0 Å². The summed E-state index contributed by atoms with van der Waals surface area (Å²) >= 11 is 1.87. The Morgan fingerprint density at radius 1 is 0.489 bits per heavy atom. The van der Waals surface area contributed by atoms with Crippen LogP contribution in [0.5, 0.6) is 0 Å². The smallest absolute Gasteiger partial charge is 0.0971 e. The molecule has 218 valence electrons. The lowest BCUT2D eigenvalue weighted by atomic mass is 9.96. The quantitative estimate of drug-likeness (QED) is 0.185. The van der Waals surface area contributed by atoms with E-state index >= 15 is 0 Å². The average molecular weight is 617 g/mol. The molecule has 0 unspecified atom stereocenters. The van der Waals surface area contributed by atoms with Crippen LogP contribution in [-0.4, -0.2) is 19.9 Å². The summed E-state index contributed by atoms with van der Waals surface area (Å²) in [6.45, 7) is 0. The lowest BCUT2D eigenvalue weighted by Gasteiger charge is -2.13. The molecular formula is C42H24N4S. The van der Waals surface area contributed by atoms with Gasteiger partial charge in [0.15, 0.2) is 0 Å². The molecule has 0 atom stereocenters. The number of benzene rings is 5.